The quantitative estimate of drug-likeness (QED) is 0.646. The Bertz CT molecular complexity index is 939. The lowest BCUT2D eigenvalue weighted by molar-refractivity contribution is -0.117. The van der Waals surface area contributed by atoms with Gasteiger partial charge in [0.25, 0.3) is 5.91 Å². The highest BCUT2D eigenvalue weighted by atomic mass is 35.5. The number of carbonyl (C=O) groups is 2. The molecule has 0 bridgehead atoms. The van der Waals surface area contributed by atoms with Gasteiger partial charge in [-0.3, -0.25) is 9.59 Å². The van der Waals surface area contributed by atoms with Crippen molar-refractivity contribution in [2.45, 2.75) is 6.54 Å². The van der Waals surface area contributed by atoms with Crippen LogP contribution in [-0.2, 0) is 11.3 Å². The number of hydrogen-bond acceptors (Lipinski definition) is 4. The van der Waals surface area contributed by atoms with Gasteiger partial charge in [0.2, 0.25) is 5.91 Å². The van der Waals surface area contributed by atoms with Gasteiger partial charge in [-0.05, 0) is 48.5 Å². The molecule has 0 atom stereocenters. The van der Waals surface area contributed by atoms with Crippen molar-refractivity contribution < 1.29 is 18.7 Å². The maximum absolute atomic E-state index is 12.9. The maximum Gasteiger partial charge on any atom is 0.254 e. The van der Waals surface area contributed by atoms with Crippen molar-refractivity contribution in [3.63, 3.8) is 0 Å². The summed E-state index contributed by atoms with van der Waals surface area (Å²) in [6, 6.07) is 17.1. The highest BCUT2D eigenvalue weighted by Gasteiger charge is 2.21. The molecule has 3 aromatic rings. The Morgan fingerprint density at radius 1 is 1.07 bits per heavy atom. The smallest absolute Gasteiger partial charge is 0.254 e. The van der Waals surface area contributed by atoms with Crippen LogP contribution in [0.15, 0.2) is 71.3 Å². The maximum atomic E-state index is 12.9. The predicted molar refractivity (Wildman–Crippen MR) is 107 cm³/mol. The van der Waals surface area contributed by atoms with Crippen LogP contribution >= 0.6 is 11.6 Å². The molecule has 3 rings (SSSR count). The number of methoxy groups -OCH3 is 1. The first kappa shape index (κ1) is 19.5. The van der Waals surface area contributed by atoms with Crippen LogP contribution in [0.3, 0.4) is 0 Å². The number of nitrogens with zero attached hydrogens (tertiary/aromatic N) is 1. The summed E-state index contributed by atoms with van der Waals surface area (Å²) in [7, 11) is 1.53. The van der Waals surface area contributed by atoms with Crippen LogP contribution in [-0.4, -0.2) is 30.4 Å². The zero-order chi connectivity index (χ0) is 19.9. The fourth-order valence-electron chi connectivity index (χ4n) is 2.68. The predicted octanol–water partition coefficient (Wildman–Crippen LogP) is 4.22. The van der Waals surface area contributed by atoms with Crippen LogP contribution in [0.2, 0.25) is 5.02 Å². The number of anilines is 1. The number of ether oxygens (including phenoxy) is 1. The standard InChI is InChI=1S/C21H19ClN2O4/c1-27-19-7-3-2-6-18(19)23-20(25)14-24(13-17-5-4-12-28-17)21(26)15-8-10-16(22)11-9-15/h2-12H,13-14H2,1H3,(H,23,25). The van der Waals surface area contributed by atoms with Gasteiger partial charge in [0.1, 0.15) is 18.1 Å². The molecule has 0 aliphatic carbocycles. The first-order chi connectivity index (χ1) is 13.6. The van der Waals surface area contributed by atoms with Crippen molar-refractivity contribution in [3.8, 4) is 5.75 Å². The van der Waals surface area contributed by atoms with Crippen LogP contribution in [0, 0.1) is 0 Å². The molecule has 2 aromatic carbocycles. The summed E-state index contributed by atoms with van der Waals surface area (Å²) in [5.74, 6) is 0.464. The summed E-state index contributed by atoms with van der Waals surface area (Å²) in [5.41, 5.74) is 0.966. The molecule has 144 valence electrons. The molecule has 1 heterocycles. The fourth-order valence-corrected chi connectivity index (χ4v) is 2.80. The largest absolute Gasteiger partial charge is 0.495 e. The fraction of sp³-hybridized carbons (Fsp3) is 0.143. The molecule has 0 saturated carbocycles. The third kappa shape index (κ3) is 4.92. The number of benzene rings is 2. The molecular weight excluding hydrogens is 380 g/mol. The van der Waals surface area contributed by atoms with E-state index in [1.54, 1.807) is 54.6 Å². The Morgan fingerprint density at radius 2 is 1.82 bits per heavy atom. The summed E-state index contributed by atoms with van der Waals surface area (Å²) in [5, 5.41) is 3.31. The zero-order valence-corrected chi connectivity index (χ0v) is 16.0. The van der Waals surface area contributed by atoms with Crippen molar-refractivity contribution in [1.29, 1.82) is 0 Å². The second-order valence-corrected chi connectivity index (χ2v) is 6.43. The van der Waals surface area contributed by atoms with Gasteiger partial charge in [0.15, 0.2) is 0 Å². The Balaban J connectivity index is 1.77. The number of nitrogens with one attached hydrogen (secondary N) is 1. The Kier molecular flexibility index (Phi) is 6.34. The molecule has 1 N–H and O–H groups in total. The second kappa shape index (κ2) is 9.10. The average Bonchev–Trinajstić information content (AvgIpc) is 3.21. The summed E-state index contributed by atoms with van der Waals surface area (Å²) >= 11 is 5.90. The van der Waals surface area contributed by atoms with Crippen molar-refractivity contribution >= 4 is 29.1 Å². The molecule has 0 fully saturated rings. The molecule has 0 saturated heterocycles. The van der Waals surface area contributed by atoms with E-state index < -0.39 is 0 Å². The molecular formula is C21H19ClN2O4. The van der Waals surface area contributed by atoms with E-state index in [1.165, 1.54) is 18.3 Å². The van der Waals surface area contributed by atoms with E-state index in [9.17, 15) is 9.59 Å². The Morgan fingerprint density at radius 3 is 2.50 bits per heavy atom. The highest BCUT2D eigenvalue weighted by molar-refractivity contribution is 6.30. The van der Waals surface area contributed by atoms with Gasteiger partial charge in [-0.2, -0.15) is 0 Å². The average molecular weight is 399 g/mol. The third-order valence-corrected chi connectivity index (χ3v) is 4.27. The molecule has 0 unspecified atom stereocenters. The summed E-state index contributed by atoms with van der Waals surface area (Å²) < 4.78 is 10.6. The van der Waals surface area contributed by atoms with Gasteiger partial charge in [0.05, 0.1) is 25.6 Å². The number of carbonyl (C=O) groups excluding carboxylic acids is 2. The van der Waals surface area contributed by atoms with Gasteiger partial charge in [-0.1, -0.05) is 23.7 Å². The van der Waals surface area contributed by atoms with Crippen LogP contribution in [0.25, 0.3) is 0 Å². The monoisotopic (exact) mass is 398 g/mol. The van der Waals surface area contributed by atoms with E-state index in [2.05, 4.69) is 5.32 Å². The van der Waals surface area contributed by atoms with E-state index in [1.807, 2.05) is 6.07 Å². The number of halogens is 1. The third-order valence-electron chi connectivity index (χ3n) is 4.02. The van der Waals surface area contributed by atoms with Crippen molar-refractivity contribution in [2.75, 3.05) is 19.0 Å². The molecule has 28 heavy (non-hydrogen) atoms. The number of amides is 2. The van der Waals surface area contributed by atoms with Crippen LogP contribution in [0.5, 0.6) is 5.75 Å². The lowest BCUT2D eigenvalue weighted by atomic mass is 10.2. The second-order valence-electron chi connectivity index (χ2n) is 6.00. The minimum atomic E-state index is -0.349. The highest BCUT2D eigenvalue weighted by Crippen LogP contribution is 2.23. The van der Waals surface area contributed by atoms with Gasteiger partial charge < -0.3 is 19.4 Å². The summed E-state index contributed by atoms with van der Waals surface area (Å²) in [4.78, 5) is 26.9. The minimum absolute atomic E-state index is 0.153. The first-order valence-electron chi connectivity index (χ1n) is 8.57. The first-order valence-corrected chi connectivity index (χ1v) is 8.94. The lowest BCUT2D eigenvalue weighted by Crippen LogP contribution is -2.37. The Labute approximate surface area is 167 Å². The van der Waals surface area contributed by atoms with Crippen LogP contribution in [0.4, 0.5) is 5.69 Å². The van der Waals surface area contributed by atoms with E-state index in [0.29, 0.717) is 27.8 Å². The molecule has 0 aliphatic rings. The number of rotatable bonds is 7. The Hall–Kier alpha value is -3.25. The SMILES string of the molecule is COc1ccccc1NC(=O)CN(Cc1ccco1)C(=O)c1ccc(Cl)cc1. The van der Waals surface area contributed by atoms with Crippen LogP contribution in [0.1, 0.15) is 16.1 Å². The topological polar surface area (TPSA) is 71.8 Å². The molecule has 0 aliphatic heterocycles. The molecule has 0 spiro atoms. The number of furan rings is 1. The van der Waals surface area contributed by atoms with Crippen molar-refractivity contribution in [1.82, 2.24) is 4.90 Å². The normalized spacial score (nSPS) is 10.4. The van der Waals surface area contributed by atoms with Crippen molar-refractivity contribution in [2.24, 2.45) is 0 Å². The van der Waals surface area contributed by atoms with Crippen molar-refractivity contribution in [3.05, 3.63) is 83.3 Å². The summed E-state index contributed by atoms with van der Waals surface area (Å²) in [6.07, 6.45) is 1.52. The molecule has 6 nitrogen and oxygen atoms in total. The molecule has 1 aromatic heterocycles. The van der Waals surface area contributed by atoms with E-state index in [4.69, 9.17) is 20.8 Å². The molecule has 7 heteroatoms. The molecule has 0 radical (unpaired) electrons. The van der Waals surface area contributed by atoms with Gasteiger partial charge in [-0.15, -0.1) is 0 Å². The van der Waals surface area contributed by atoms with E-state index in [-0.39, 0.29) is 24.9 Å². The summed E-state index contributed by atoms with van der Waals surface area (Å²) in [6.45, 7) is 0.00795. The zero-order valence-electron chi connectivity index (χ0n) is 15.2. The van der Waals surface area contributed by atoms with E-state index in [0.717, 1.165) is 0 Å². The van der Waals surface area contributed by atoms with Gasteiger partial charge in [0, 0.05) is 10.6 Å². The van der Waals surface area contributed by atoms with Crippen LogP contribution < -0.4 is 10.1 Å². The van der Waals surface area contributed by atoms with Gasteiger partial charge in [-0.25, -0.2) is 0 Å². The van der Waals surface area contributed by atoms with E-state index >= 15 is 0 Å². The molecule has 2 amide bonds. The number of hydrogen-bond donors (Lipinski definition) is 1. The lowest BCUT2D eigenvalue weighted by Gasteiger charge is -2.21. The number of para-hydroxylation sites is 2. The minimum Gasteiger partial charge on any atom is -0.495 e. The van der Waals surface area contributed by atoms with Gasteiger partial charge >= 0.3 is 0 Å².